The molecule has 2 N–H and O–H groups in total. The second-order valence-corrected chi connectivity index (χ2v) is 7.77. The summed E-state index contributed by atoms with van der Waals surface area (Å²) >= 11 is 3.42. The van der Waals surface area contributed by atoms with E-state index in [0.717, 1.165) is 29.0 Å². The third-order valence-electron chi connectivity index (χ3n) is 4.88. The molecule has 0 aliphatic carbocycles. The predicted octanol–water partition coefficient (Wildman–Crippen LogP) is 4.00. The molecule has 1 aromatic carbocycles. The maximum Gasteiger partial charge on any atom is 0.257 e. The Hall–Kier alpha value is -2.25. The number of halogens is 1. The number of fused-ring (bicyclic) bond motifs is 1. The molecule has 3 aromatic rings. The number of carbonyl (C=O) groups is 1. The summed E-state index contributed by atoms with van der Waals surface area (Å²) in [5.41, 5.74) is 2.57. The van der Waals surface area contributed by atoms with Crippen LogP contribution in [0.1, 0.15) is 35.4 Å². The van der Waals surface area contributed by atoms with Gasteiger partial charge in [0.1, 0.15) is 5.82 Å². The number of nitrogens with one attached hydrogen (secondary N) is 2. The van der Waals surface area contributed by atoms with Gasteiger partial charge in [-0.25, -0.2) is 9.97 Å². The average Bonchev–Trinajstić information content (AvgIpc) is 3.10. The van der Waals surface area contributed by atoms with Crippen molar-refractivity contribution < 1.29 is 4.79 Å². The van der Waals surface area contributed by atoms with Gasteiger partial charge in [-0.2, -0.15) is 0 Å². The lowest BCUT2D eigenvalue weighted by Crippen LogP contribution is -2.31. The van der Waals surface area contributed by atoms with Gasteiger partial charge in [-0.3, -0.25) is 4.79 Å². The van der Waals surface area contributed by atoms with E-state index in [1.165, 1.54) is 32.4 Å². The van der Waals surface area contributed by atoms with Gasteiger partial charge < -0.3 is 15.2 Å². The highest BCUT2D eigenvalue weighted by Crippen LogP contribution is 2.19. The fourth-order valence-corrected chi connectivity index (χ4v) is 3.88. The number of likely N-dealkylation sites (tertiary alicyclic amines) is 1. The molecule has 4 rings (SSSR count). The van der Waals surface area contributed by atoms with E-state index in [1.54, 1.807) is 12.3 Å². The van der Waals surface area contributed by atoms with Gasteiger partial charge in [-0.15, -0.1) is 0 Å². The van der Waals surface area contributed by atoms with Crippen LogP contribution in [0.4, 0.5) is 5.69 Å². The van der Waals surface area contributed by atoms with Crippen molar-refractivity contribution in [1.82, 2.24) is 19.9 Å². The molecule has 7 heteroatoms. The number of amides is 1. The van der Waals surface area contributed by atoms with Crippen molar-refractivity contribution in [3.8, 4) is 0 Å². The Morgan fingerprint density at radius 1 is 1.22 bits per heavy atom. The van der Waals surface area contributed by atoms with E-state index in [0.29, 0.717) is 16.7 Å². The second-order valence-electron chi connectivity index (χ2n) is 6.86. The standard InChI is InChI=1S/C20H22BrN5O/c21-14-5-4-6-15(13-14)23-20(27)16-7-9-22-19-18(16)24-17(25-19)8-12-26-10-2-1-3-11-26/h4-7,9,13H,1-3,8,10-12H2,(H,23,27)(H,22,24,25). The Morgan fingerprint density at radius 3 is 2.89 bits per heavy atom. The fourth-order valence-electron chi connectivity index (χ4n) is 3.48. The minimum absolute atomic E-state index is 0.174. The highest BCUT2D eigenvalue weighted by atomic mass is 79.9. The molecule has 1 aliphatic heterocycles. The molecule has 1 aliphatic rings. The lowest BCUT2D eigenvalue weighted by atomic mass is 10.1. The molecule has 0 bridgehead atoms. The summed E-state index contributed by atoms with van der Waals surface area (Å²) in [6, 6.07) is 9.26. The van der Waals surface area contributed by atoms with Crippen molar-refractivity contribution in [2.45, 2.75) is 25.7 Å². The number of H-pyrrole nitrogens is 1. The van der Waals surface area contributed by atoms with Crippen LogP contribution in [0.3, 0.4) is 0 Å². The van der Waals surface area contributed by atoms with E-state index < -0.39 is 0 Å². The van der Waals surface area contributed by atoms with Crippen LogP contribution >= 0.6 is 15.9 Å². The number of rotatable bonds is 5. The van der Waals surface area contributed by atoms with Gasteiger partial charge in [0, 0.05) is 29.3 Å². The first-order valence-electron chi connectivity index (χ1n) is 9.32. The molecule has 0 radical (unpaired) electrons. The first-order chi connectivity index (χ1) is 13.2. The number of anilines is 1. The third-order valence-corrected chi connectivity index (χ3v) is 5.37. The number of carbonyl (C=O) groups excluding carboxylic acids is 1. The van der Waals surface area contributed by atoms with Crippen molar-refractivity contribution in [2.24, 2.45) is 0 Å². The molecule has 0 saturated carbocycles. The number of benzene rings is 1. The summed E-state index contributed by atoms with van der Waals surface area (Å²) in [4.78, 5) is 27.4. The molecule has 1 fully saturated rings. The number of hydrogen-bond donors (Lipinski definition) is 2. The SMILES string of the molecule is O=C(Nc1cccc(Br)c1)c1ccnc2nc(CCN3CCCCC3)[nH]c12. The molecule has 2 aromatic heterocycles. The minimum Gasteiger partial charge on any atom is -0.340 e. The molecule has 0 unspecified atom stereocenters. The lowest BCUT2D eigenvalue weighted by Gasteiger charge is -2.25. The Kier molecular flexibility index (Phi) is 5.50. The van der Waals surface area contributed by atoms with Crippen molar-refractivity contribution >= 4 is 38.7 Å². The van der Waals surface area contributed by atoms with Crippen molar-refractivity contribution in [3.63, 3.8) is 0 Å². The van der Waals surface area contributed by atoms with Gasteiger partial charge in [0.15, 0.2) is 5.65 Å². The zero-order valence-corrected chi connectivity index (χ0v) is 16.6. The van der Waals surface area contributed by atoms with E-state index in [1.807, 2.05) is 24.3 Å². The second kappa shape index (κ2) is 8.19. The molecule has 1 saturated heterocycles. The summed E-state index contributed by atoms with van der Waals surface area (Å²) in [6.07, 6.45) is 6.36. The molecule has 140 valence electrons. The highest BCUT2D eigenvalue weighted by Gasteiger charge is 2.16. The number of hydrogen-bond acceptors (Lipinski definition) is 4. The number of nitrogens with zero attached hydrogens (tertiary/aromatic N) is 3. The van der Waals surface area contributed by atoms with Crippen LogP contribution in [0.2, 0.25) is 0 Å². The molecule has 27 heavy (non-hydrogen) atoms. The average molecular weight is 428 g/mol. The molecule has 0 atom stereocenters. The van der Waals surface area contributed by atoms with E-state index in [-0.39, 0.29) is 5.91 Å². The predicted molar refractivity (Wildman–Crippen MR) is 110 cm³/mol. The Labute approximate surface area is 166 Å². The Balaban J connectivity index is 1.51. The maximum absolute atomic E-state index is 12.7. The molecule has 0 spiro atoms. The van der Waals surface area contributed by atoms with Crippen LogP contribution in [0, 0.1) is 0 Å². The van der Waals surface area contributed by atoms with Crippen LogP contribution in [0.5, 0.6) is 0 Å². The summed E-state index contributed by atoms with van der Waals surface area (Å²) in [5, 5.41) is 2.93. The number of piperidine rings is 1. The van der Waals surface area contributed by atoms with Crippen LogP contribution in [0.25, 0.3) is 11.2 Å². The molecular formula is C20H22BrN5O. The number of pyridine rings is 1. The summed E-state index contributed by atoms with van der Waals surface area (Å²) in [7, 11) is 0. The Morgan fingerprint density at radius 2 is 2.07 bits per heavy atom. The summed E-state index contributed by atoms with van der Waals surface area (Å²) < 4.78 is 0.918. The zero-order chi connectivity index (χ0) is 18.6. The summed E-state index contributed by atoms with van der Waals surface area (Å²) in [5.74, 6) is 0.706. The minimum atomic E-state index is -0.174. The maximum atomic E-state index is 12.7. The van der Waals surface area contributed by atoms with Gasteiger partial charge in [0.25, 0.3) is 5.91 Å². The first kappa shape index (κ1) is 18.1. The number of aromatic nitrogens is 3. The lowest BCUT2D eigenvalue weighted by molar-refractivity contribution is 0.102. The van der Waals surface area contributed by atoms with Crippen LogP contribution in [0.15, 0.2) is 41.0 Å². The third kappa shape index (κ3) is 4.36. The fraction of sp³-hybridized carbons (Fsp3) is 0.350. The topological polar surface area (TPSA) is 73.9 Å². The van der Waals surface area contributed by atoms with E-state index in [4.69, 9.17) is 0 Å². The van der Waals surface area contributed by atoms with Crippen molar-refractivity contribution in [2.75, 3.05) is 25.0 Å². The first-order valence-corrected chi connectivity index (χ1v) is 10.1. The quantitative estimate of drug-likeness (QED) is 0.644. The smallest absolute Gasteiger partial charge is 0.257 e. The van der Waals surface area contributed by atoms with E-state index in [9.17, 15) is 4.79 Å². The Bertz CT molecular complexity index is 948. The van der Waals surface area contributed by atoms with Gasteiger partial charge >= 0.3 is 0 Å². The highest BCUT2D eigenvalue weighted by molar-refractivity contribution is 9.10. The summed E-state index contributed by atoms with van der Waals surface area (Å²) in [6.45, 7) is 3.32. The molecule has 1 amide bonds. The molecule has 6 nitrogen and oxygen atoms in total. The molecule has 3 heterocycles. The van der Waals surface area contributed by atoms with Crippen LogP contribution < -0.4 is 5.32 Å². The van der Waals surface area contributed by atoms with Crippen molar-refractivity contribution in [1.29, 1.82) is 0 Å². The molecular weight excluding hydrogens is 406 g/mol. The van der Waals surface area contributed by atoms with Crippen molar-refractivity contribution in [3.05, 3.63) is 52.4 Å². The van der Waals surface area contributed by atoms with Gasteiger partial charge in [-0.05, 0) is 50.2 Å². The van der Waals surface area contributed by atoms with Gasteiger partial charge in [0.05, 0.1) is 11.1 Å². The largest absolute Gasteiger partial charge is 0.340 e. The number of imidazole rings is 1. The van der Waals surface area contributed by atoms with Crippen LogP contribution in [-0.2, 0) is 6.42 Å². The van der Waals surface area contributed by atoms with E-state index >= 15 is 0 Å². The number of aromatic amines is 1. The van der Waals surface area contributed by atoms with Crippen LogP contribution in [-0.4, -0.2) is 45.4 Å². The van der Waals surface area contributed by atoms with Gasteiger partial charge in [-0.1, -0.05) is 28.4 Å². The van der Waals surface area contributed by atoms with Gasteiger partial charge in [0.2, 0.25) is 0 Å². The monoisotopic (exact) mass is 427 g/mol. The normalized spacial score (nSPS) is 15.1. The zero-order valence-electron chi connectivity index (χ0n) is 15.0. The van der Waals surface area contributed by atoms with E-state index in [2.05, 4.69) is 41.1 Å².